The van der Waals surface area contributed by atoms with Crippen molar-refractivity contribution in [1.29, 1.82) is 0 Å². The first-order valence-electron chi connectivity index (χ1n) is 8.39. The Morgan fingerprint density at radius 2 is 1.89 bits per heavy atom. The summed E-state index contributed by atoms with van der Waals surface area (Å²) in [6.45, 7) is 3.67. The lowest BCUT2D eigenvalue weighted by atomic mass is 10.2. The van der Waals surface area contributed by atoms with Crippen molar-refractivity contribution in [2.24, 2.45) is 0 Å². The molecule has 0 aliphatic carbocycles. The lowest BCUT2D eigenvalue weighted by molar-refractivity contribution is -0.136. The number of hydrogen-bond acceptors (Lipinski definition) is 5. The molecule has 0 unspecified atom stereocenters. The van der Waals surface area contributed by atoms with Gasteiger partial charge in [-0.15, -0.1) is 0 Å². The molecular weight excluding hydrogens is 392 g/mol. The molecule has 10 heteroatoms. The van der Waals surface area contributed by atoms with Gasteiger partial charge in [0.2, 0.25) is 0 Å². The van der Waals surface area contributed by atoms with Crippen LogP contribution in [0.3, 0.4) is 0 Å². The Morgan fingerprint density at radius 3 is 2.52 bits per heavy atom. The first-order chi connectivity index (χ1) is 12.7. The maximum absolute atomic E-state index is 12.3. The van der Waals surface area contributed by atoms with Gasteiger partial charge >= 0.3 is 11.8 Å². The molecule has 0 bridgehead atoms. The quantitative estimate of drug-likeness (QED) is 0.747. The summed E-state index contributed by atoms with van der Waals surface area (Å²) in [6, 6.07) is 6.53. The first kappa shape index (κ1) is 19.4. The Morgan fingerprint density at radius 1 is 1.22 bits per heavy atom. The molecule has 8 nitrogen and oxygen atoms in total. The maximum atomic E-state index is 12.3. The molecule has 0 saturated heterocycles. The molecule has 1 aromatic heterocycles. The van der Waals surface area contributed by atoms with Crippen LogP contribution in [0.2, 0.25) is 5.02 Å². The lowest BCUT2D eigenvalue weighted by Crippen LogP contribution is -2.40. The maximum Gasteiger partial charge on any atom is 0.314 e. The van der Waals surface area contributed by atoms with E-state index in [1.165, 1.54) is 4.68 Å². The molecule has 144 valence electrons. The van der Waals surface area contributed by atoms with Crippen molar-refractivity contribution < 1.29 is 18.0 Å². The van der Waals surface area contributed by atoms with E-state index in [0.29, 0.717) is 28.4 Å². The van der Waals surface area contributed by atoms with Crippen LogP contribution in [0, 0.1) is 0 Å². The van der Waals surface area contributed by atoms with E-state index in [1.807, 2.05) is 6.92 Å². The van der Waals surface area contributed by atoms with Gasteiger partial charge in [-0.2, -0.15) is 5.10 Å². The summed E-state index contributed by atoms with van der Waals surface area (Å²) in [5.41, 5.74) is 1.35. The van der Waals surface area contributed by atoms with Crippen LogP contribution in [0.5, 0.6) is 0 Å². The van der Waals surface area contributed by atoms with Crippen molar-refractivity contribution in [3.8, 4) is 5.69 Å². The van der Waals surface area contributed by atoms with Crippen LogP contribution < -0.4 is 10.6 Å². The molecule has 1 aliphatic heterocycles. The molecule has 2 heterocycles. The minimum atomic E-state index is -3.32. The third-order valence-corrected chi connectivity index (χ3v) is 5.98. The first-order valence-corrected chi connectivity index (χ1v) is 10.6. The van der Waals surface area contributed by atoms with E-state index in [2.05, 4.69) is 15.7 Å². The number of anilines is 1. The molecule has 1 aliphatic rings. The minimum absolute atomic E-state index is 0.157. The Kier molecular flexibility index (Phi) is 5.25. The summed E-state index contributed by atoms with van der Waals surface area (Å²) >= 11 is 5.91. The molecule has 1 atom stereocenters. The average Bonchev–Trinajstić information content (AvgIpc) is 3.08. The van der Waals surface area contributed by atoms with Gasteiger partial charge in [0.1, 0.15) is 5.82 Å². The number of aromatic nitrogens is 2. The second kappa shape index (κ2) is 7.32. The number of halogens is 1. The highest BCUT2D eigenvalue weighted by molar-refractivity contribution is 7.90. The molecule has 1 aromatic carbocycles. The van der Waals surface area contributed by atoms with E-state index in [4.69, 9.17) is 11.6 Å². The van der Waals surface area contributed by atoms with Gasteiger partial charge in [-0.3, -0.25) is 9.59 Å². The Hall–Kier alpha value is -2.39. The van der Waals surface area contributed by atoms with Gasteiger partial charge in [0.05, 0.1) is 22.9 Å². The number of carbonyl (C=O) groups excluding carboxylic acids is 2. The van der Waals surface area contributed by atoms with Crippen LogP contribution >= 0.6 is 11.6 Å². The van der Waals surface area contributed by atoms with Crippen LogP contribution in [0.25, 0.3) is 5.69 Å². The molecule has 0 spiro atoms. The predicted octanol–water partition coefficient (Wildman–Crippen LogP) is 1.81. The number of fused-ring (bicyclic) bond motifs is 1. The van der Waals surface area contributed by atoms with Crippen LogP contribution in [0.1, 0.15) is 31.5 Å². The SMILES string of the molecule is CC[C@H](C)NC(=O)C(=O)Nc1c2c(nn1-c1ccc(Cl)cc1)CS(=O)(=O)C2. The van der Waals surface area contributed by atoms with Crippen molar-refractivity contribution >= 4 is 39.1 Å². The van der Waals surface area contributed by atoms with E-state index in [1.54, 1.807) is 31.2 Å². The van der Waals surface area contributed by atoms with Crippen molar-refractivity contribution in [2.45, 2.75) is 37.8 Å². The second-order valence-corrected chi connectivity index (χ2v) is 8.93. The van der Waals surface area contributed by atoms with Gasteiger partial charge in [-0.05, 0) is 37.6 Å². The van der Waals surface area contributed by atoms with Crippen molar-refractivity contribution in [3.63, 3.8) is 0 Å². The molecule has 3 rings (SSSR count). The van der Waals surface area contributed by atoms with Crippen LogP contribution in [0.15, 0.2) is 24.3 Å². The minimum Gasteiger partial charge on any atom is -0.345 e. The Labute approximate surface area is 161 Å². The van der Waals surface area contributed by atoms with Crippen LogP contribution in [-0.2, 0) is 30.9 Å². The summed E-state index contributed by atoms with van der Waals surface area (Å²) in [7, 11) is -3.32. The van der Waals surface area contributed by atoms with Gasteiger partial charge in [0.25, 0.3) is 0 Å². The zero-order chi connectivity index (χ0) is 19.8. The highest BCUT2D eigenvalue weighted by atomic mass is 35.5. The van der Waals surface area contributed by atoms with E-state index in [0.717, 1.165) is 0 Å². The molecule has 2 aromatic rings. The molecular formula is C17H19ClN4O4S. The number of nitrogens with one attached hydrogen (secondary N) is 2. The third kappa shape index (κ3) is 4.14. The second-order valence-electron chi connectivity index (χ2n) is 6.43. The Balaban J connectivity index is 1.96. The van der Waals surface area contributed by atoms with Crippen LogP contribution in [-0.4, -0.2) is 36.1 Å². The fourth-order valence-electron chi connectivity index (χ4n) is 2.70. The standard InChI is InChI=1S/C17H19ClN4O4S/c1-3-10(2)19-16(23)17(24)20-15-13-8-27(25,26)9-14(13)21-22(15)12-6-4-11(18)5-7-12/h4-7,10H,3,8-9H2,1-2H3,(H,19,23)(H,20,24)/t10-/m0/s1. The fraction of sp³-hybridized carbons (Fsp3) is 0.353. The molecule has 27 heavy (non-hydrogen) atoms. The number of sulfone groups is 1. The van der Waals surface area contributed by atoms with Gasteiger partial charge in [0, 0.05) is 16.6 Å². The lowest BCUT2D eigenvalue weighted by Gasteiger charge is -2.13. The number of nitrogens with zero attached hydrogens (tertiary/aromatic N) is 2. The summed E-state index contributed by atoms with van der Waals surface area (Å²) in [5.74, 6) is -1.93. The number of benzene rings is 1. The van der Waals surface area contributed by atoms with Gasteiger partial charge in [-0.25, -0.2) is 13.1 Å². The summed E-state index contributed by atoms with van der Waals surface area (Å²) in [5, 5.41) is 9.95. The highest BCUT2D eigenvalue weighted by Crippen LogP contribution is 2.33. The van der Waals surface area contributed by atoms with Crippen molar-refractivity contribution in [3.05, 3.63) is 40.5 Å². The van der Waals surface area contributed by atoms with Gasteiger partial charge < -0.3 is 10.6 Å². The zero-order valence-corrected chi connectivity index (χ0v) is 16.4. The highest BCUT2D eigenvalue weighted by Gasteiger charge is 2.34. The van der Waals surface area contributed by atoms with Gasteiger partial charge in [-0.1, -0.05) is 18.5 Å². The van der Waals surface area contributed by atoms with E-state index >= 15 is 0 Å². The molecule has 0 saturated carbocycles. The number of hydrogen-bond donors (Lipinski definition) is 2. The topological polar surface area (TPSA) is 110 Å². The summed E-state index contributed by atoms with van der Waals surface area (Å²) in [6.07, 6.45) is 0.676. The predicted molar refractivity (Wildman–Crippen MR) is 101 cm³/mol. The van der Waals surface area contributed by atoms with E-state index < -0.39 is 21.7 Å². The number of carbonyl (C=O) groups is 2. The normalized spacial score (nSPS) is 15.8. The van der Waals surface area contributed by atoms with Crippen molar-refractivity contribution in [1.82, 2.24) is 15.1 Å². The smallest absolute Gasteiger partial charge is 0.314 e. The largest absolute Gasteiger partial charge is 0.345 e. The Bertz CT molecular complexity index is 999. The summed E-state index contributed by atoms with van der Waals surface area (Å²) in [4.78, 5) is 24.4. The molecule has 0 radical (unpaired) electrons. The monoisotopic (exact) mass is 410 g/mol. The average molecular weight is 411 g/mol. The molecule has 2 N–H and O–H groups in total. The van der Waals surface area contributed by atoms with Crippen LogP contribution in [0.4, 0.5) is 5.82 Å². The third-order valence-electron chi connectivity index (χ3n) is 4.29. The number of amides is 2. The summed E-state index contributed by atoms with van der Waals surface area (Å²) < 4.78 is 25.3. The van der Waals surface area contributed by atoms with Gasteiger partial charge in [0.15, 0.2) is 9.84 Å². The molecule has 2 amide bonds. The van der Waals surface area contributed by atoms with Crippen molar-refractivity contribution in [2.75, 3.05) is 5.32 Å². The fourth-order valence-corrected chi connectivity index (χ4v) is 4.32. The number of rotatable bonds is 4. The molecule has 0 fully saturated rings. The van der Waals surface area contributed by atoms with E-state index in [9.17, 15) is 18.0 Å². The zero-order valence-electron chi connectivity index (χ0n) is 14.8. The van der Waals surface area contributed by atoms with E-state index in [-0.39, 0.29) is 23.4 Å².